The second kappa shape index (κ2) is 7.25. The molecule has 0 aliphatic heterocycles. The van der Waals surface area contributed by atoms with Gasteiger partial charge in [0, 0.05) is 27.7 Å². The standard InChI is InChI=1S/C15H12Cl2N4O2S2/c1-21-9-18-19-15(21)24-13-4-2-12(3-5-13)20-25(22,23)14-7-10(16)6-11(17)8-14/h2-9,20H,1H3. The lowest BCUT2D eigenvalue weighted by Gasteiger charge is -2.09. The van der Waals surface area contributed by atoms with Crippen LogP contribution in [-0.4, -0.2) is 23.2 Å². The van der Waals surface area contributed by atoms with Gasteiger partial charge >= 0.3 is 0 Å². The van der Waals surface area contributed by atoms with Gasteiger partial charge in [-0.2, -0.15) is 0 Å². The van der Waals surface area contributed by atoms with Gasteiger partial charge in [-0.1, -0.05) is 23.2 Å². The van der Waals surface area contributed by atoms with Gasteiger partial charge in [-0.25, -0.2) is 8.42 Å². The lowest BCUT2D eigenvalue weighted by Crippen LogP contribution is -2.12. The summed E-state index contributed by atoms with van der Waals surface area (Å²) >= 11 is 13.2. The van der Waals surface area contributed by atoms with Crippen molar-refractivity contribution >= 4 is 50.7 Å². The SMILES string of the molecule is Cn1cnnc1Sc1ccc(NS(=O)(=O)c2cc(Cl)cc(Cl)c2)cc1. The molecular weight excluding hydrogens is 403 g/mol. The van der Waals surface area contributed by atoms with E-state index in [9.17, 15) is 8.42 Å². The summed E-state index contributed by atoms with van der Waals surface area (Å²) in [5.74, 6) is 0. The lowest BCUT2D eigenvalue weighted by atomic mass is 10.3. The summed E-state index contributed by atoms with van der Waals surface area (Å²) in [5.41, 5.74) is 0.429. The summed E-state index contributed by atoms with van der Waals surface area (Å²) in [6.07, 6.45) is 1.61. The average Bonchev–Trinajstić information content (AvgIpc) is 2.93. The molecule has 0 amide bonds. The molecule has 3 aromatic rings. The summed E-state index contributed by atoms with van der Waals surface area (Å²) < 4.78 is 29.2. The molecule has 2 aromatic carbocycles. The van der Waals surface area contributed by atoms with E-state index in [0.717, 1.165) is 10.1 Å². The predicted octanol–water partition coefficient (Wildman–Crippen LogP) is 4.07. The van der Waals surface area contributed by atoms with Crippen LogP contribution in [0.5, 0.6) is 0 Å². The number of aryl methyl sites for hydroxylation is 1. The van der Waals surface area contributed by atoms with Crippen LogP contribution in [0.25, 0.3) is 0 Å². The van der Waals surface area contributed by atoms with E-state index in [1.807, 2.05) is 7.05 Å². The van der Waals surface area contributed by atoms with E-state index >= 15 is 0 Å². The molecule has 0 saturated heterocycles. The van der Waals surface area contributed by atoms with Crippen molar-refractivity contribution in [2.24, 2.45) is 7.05 Å². The minimum Gasteiger partial charge on any atom is -0.311 e. The van der Waals surface area contributed by atoms with Gasteiger partial charge < -0.3 is 4.57 Å². The van der Waals surface area contributed by atoms with Gasteiger partial charge in [0.1, 0.15) is 6.33 Å². The lowest BCUT2D eigenvalue weighted by molar-refractivity contribution is 0.601. The number of benzene rings is 2. The van der Waals surface area contributed by atoms with Gasteiger partial charge in [-0.15, -0.1) is 10.2 Å². The van der Waals surface area contributed by atoms with E-state index in [-0.39, 0.29) is 14.9 Å². The molecule has 0 spiro atoms. The normalized spacial score (nSPS) is 11.5. The van der Waals surface area contributed by atoms with Crippen LogP contribution in [0.4, 0.5) is 5.69 Å². The van der Waals surface area contributed by atoms with Crippen molar-refractivity contribution in [3.8, 4) is 0 Å². The molecular formula is C15H12Cl2N4O2S2. The van der Waals surface area contributed by atoms with Crippen LogP contribution in [0.1, 0.15) is 0 Å². The van der Waals surface area contributed by atoms with Crippen molar-refractivity contribution in [2.45, 2.75) is 14.9 Å². The summed E-state index contributed by atoms with van der Waals surface area (Å²) in [6, 6.07) is 11.1. The Labute approximate surface area is 159 Å². The monoisotopic (exact) mass is 414 g/mol. The molecule has 0 unspecified atom stereocenters. The second-order valence-electron chi connectivity index (χ2n) is 5.06. The van der Waals surface area contributed by atoms with E-state index in [0.29, 0.717) is 5.69 Å². The van der Waals surface area contributed by atoms with Gasteiger partial charge in [-0.3, -0.25) is 4.72 Å². The molecule has 130 valence electrons. The highest BCUT2D eigenvalue weighted by molar-refractivity contribution is 7.99. The van der Waals surface area contributed by atoms with E-state index in [1.54, 1.807) is 35.2 Å². The number of rotatable bonds is 5. The van der Waals surface area contributed by atoms with Crippen molar-refractivity contribution in [3.63, 3.8) is 0 Å². The summed E-state index contributed by atoms with van der Waals surface area (Å²) in [5, 5.41) is 9.04. The first-order chi connectivity index (χ1) is 11.8. The number of hydrogen-bond acceptors (Lipinski definition) is 5. The quantitative estimate of drug-likeness (QED) is 0.680. The van der Waals surface area contributed by atoms with Crippen LogP contribution < -0.4 is 4.72 Å². The van der Waals surface area contributed by atoms with Gasteiger partial charge in [0.05, 0.1) is 4.90 Å². The molecule has 3 rings (SSSR count). The summed E-state index contributed by atoms with van der Waals surface area (Å²) in [6.45, 7) is 0. The van der Waals surface area contributed by atoms with Crippen LogP contribution in [0.15, 0.2) is 63.7 Å². The number of sulfonamides is 1. The van der Waals surface area contributed by atoms with E-state index < -0.39 is 10.0 Å². The first-order valence-corrected chi connectivity index (χ1v) is 10.00. The van der Waals surface area contributed by atoms with Crippen LogP contribution in [-0.2, 0) is 17.1 Å². The first kappa shape index (κ1) is 18.1. The fourth-order valence-corrected chi connectivity index (χ4v) is 4.51. The molecule has 0 saturated carbocycles. The molecule has 6 nitrogen and oxygen atoms in total. The Balaban J connectivity index is 1.77. The fourth-order valence-electron chi connectivity index (χ4n) is 1.96. The molecule has 1 aromatic heterocycles. The Morgan fingerprint density at radius 3 is 2.28 bits per heavy atom. The highest BCUT2D eigenvalue weighted by Crippen LogP contribution is 2.28. The van der Waals surface area contributed by atoms with Crippen molar-refractivity contribution < 1.29 is 8.42 Å². The molecule has 0 radical (unpaired) electrons. The molecule has 25 heavy (non-hydrogen) atoms. The Morgan fingerprint density at radius 2 is 1.72 bits per heavy atom. The summed E-state index contributed by atoms with van der Waals surface area (Å²) in [4.78, 5) is 0.910. The van der Waals surface area contributed by atoms with Crippen LogP contribution in [0.3, 0.4) is 0 Å². The van der Waals surface area contributed by atoms with Gasteiger partial charge in [0.15, 0.2) is 5.16 Å². The molecule has 1 heterocycles. The minimum absolute atomic E-state index is 0.00235. The summed E-state index contributed by atoms with van der Waals surface area (Å²) in [7, 11) is -1.93. The highest BCUT2D eigenvalue weighted by atomic mass is 35.5. The van der Waals surface area contributed by atoms with E-state index in [4.69, 9.17) is 23.2 Å². The van der Waals surface area contributed by atoms with Gasteiger partial charge in [-0.05, 0) is 54.2 Å². The van der Waals surface area contributed by atoms with E-state index in [2.05, 4.69) is 14.9 Å². The maximum absolute atomic E-state index is 12.4. The first-order valence-electron chi connectivity index (χ1n) is 6.94. The zero-order valence-electron chi connectivity index (χ0n) is 12.8. The molecule has 0 aliphatic carbocycles. The fraction of sp³-hybridized carbons (Fsp3) is 0.0667. The molecule has 1 N–H and O–H groups in total. The van der Waals surface area contributed by atoms with Crippen LogP contribution in [0.2, 0.25) is 10.0 Å². The Bertz CT molecular complexity index is 984. The number of nitrogens with one attached hydrogen (secondary N) is 1. The highest BCUT2D eigenvalue weighted by Gasteiger charge is 2.16. The van der Waals surface area contributed by atoms with Crippen molar-refractivity contribution in [1.82, 2.24) is 14.8 Å². The zero-order valence-corrected chi connectivity index (χ0v) is 16.0. The number of nitrogens with zero attached hydrogens (tertiary/aromatic N) is 3. The molecule has 0 aliphatic rings. The molecule has 10 heteroatoms. The van der Waals surface area contributed by atoms with Crippen molar-refractivity contribution in [2.75, 3.05) is 4.72 Å². The Kier molecular flexibility index (Phi) is 5.24. The number of hydrogen-bond donors (Lipinski definition) is 1. The molecule has 0 bridgehead atoms. The van der Waals surface area contributed by atoms with Crippen molar-refractivity contribution in [3.05, 3.63) is 58.8 Å². The van der Waals surface area contributed by atoms with Crippen molar-refractivity contribution in [1.29, 1.82) is 0 Å². The number of anilines is 1. The number of aromatic nitrogens is 3. The third kappa shape index (κ3) is 4.46. The maximum atomic E-state index is 12.4. The predicted molar refractivity (Wildman–Crippen MR) is 98.8 cm³/mol. The van der Waals surface area contributed by atoms with Crippen LogP contribution in [0, 0.1) is 0 Å². The average molecular weight is 415 g/mol. The molecule has 0 fully saturated rings. The zero-order chi connectivity index (χ0) is 18.0. The van der Waals surface area contributed by atoms with Crippen LogP contribution >= 0.6 is 35.0 Å². The van der Waals surface area contributed by atoms with E-state index in [1.165, 1.54) is 30.0 Å². The maximum Gasteiger partial charge on any atom is 0.261 e. The smallest absolute Gasteiger partial charge is 0.261 e. The Morgan fingerprint density at radius 1 is 1.08 bits per heavy atom. The number of halogens is 2. The minimum atomic E-state index is -3.78. The third-order valence-electron chi connectivity index (χ3n) is 3.13. The molecule has 0 atom stereocenters. The van der Waals surface area contributed by atoms with Gasteiger partial charge in [0.25, 0.3) is 10.0 Å². The van der Waals surface area contributed by atoms with Gasteiger partial charge in [0.2, 0.25) is 0 Å². The largest absolute Gasteiger partial charge is 0.311 e. The Hall–Kier alpha value is -1.74. The third-order valence-corrected chi connectivity index (χ3v) is 5.99. The second-order valence-corrected chi connectivity index (χ2v) is 8.66. The topological polar surface area (TPSA) is 76.9 Å².